The highest BCUT2D eigenvalue weighted by molar-refractivity contribution is 5.98. The van der Waals surface area contributed by atoms with Crippen LogP contribution < -0.4 is 5.32 Å². The van der Waals surface area contributed by atoms with Gasteiger partial charge in [-0.2, -0.15) is 0 Å². The quantitative estimate of drug-likeness (QED) is 0.912. The number of piperazine rings is 1. The van der Waals surface area contributed by atoms with E-state index in [1.807, 2.05) is 45.0 Å². The molecular weight excluding hydrogens is 316 g/mol. The standard InChI is InChI=1S/C19H24N4O2/c1-4-20-19(25)23-9-7-22(8-10-23)18(24)16-12-15-6-5-13(2)11-17(15)21-14(16)3/h5-6,11-12H,4,7-10H2,1-3H3,(H,20,25). The van der Waals surface area contributed by atoms with Crippen molar-refractivity contribution in [1.82, 2.24) is 20.1 Å². The van der Waals surface area contributed by atoms with Crippen LogP contribution in [0.15, 0.2) is 24.3 Å². The van der Waals surface area contributed by atoms with E-state index >= 15 is 0 Å². The highest BCUT2D eigenvalue weighted by Crippen LogP contribution is 2.20. The predicted molar refractivity (Wildman–Crippen MR) is 97.8 cm³/mol. The van der Waals surface area contributed by atoms with Gasteiger partial charge in [0, 0.05) is 38.1 Å². The lowest BCUT2D eigenvalue weighted by Gasteiger charge is -2.34. The highest BCUT2D eigenvalue weighted by atomic mass is 16.2. The van der Waals surface area contributed by atoms with Gasteiger partial charge in [0.25, 0.3) is 5.91 Å². The van der Waals surface area contributed by atoms with Gasteiger partial charge in [-0.05, 0) is 38.5 Å². The molecule has 1 aliphatic rings. The second-order valence-corrected chi connectivity index (χ2v) is 6.43. The first-order valence-electron chi connectivity index (χ1n) is 8.69. The molecule has 1 N–H and O–H groups in total. The number of aromatic nitrogens is 1. The molecule has 3 amide bonds. The Morgan fingerprint density at radius 2 is 1.76 bits per heavy atom. The number of carbonyl (C=O) groups excluding carboxylic acids is 2. The summed E-state index contributed by atoms with van der Waals surface area (Å²) in [6.45, 7) is 8.61. The fraction of sp³-hybridized carbons (Fsp3) is 0.421. The van der Waals surface area contributed by atoms with Crippen molar-refractivity contribution in [3.05, 3.63) is 41.1 Å². The van der Waals surface area contributed by atoms with E-state index in [2.05, 4.69) is 10.3 Å². The van der Waals surface area contributed by atoms with Crippen LogP contribution in [0.3, 0.4) is 0 Å². The van der Waals surface area contributed by atoms with Gasteiger partial charge >= 0.3 is 6.03 Å². The minimum absolute atomic E-state index is 0.0111. The van der Waals surface area contributed by atoms with Crippen molar-refractivity contribution < 1.29 is 9.59 Å². The molecule has 0 atom stereocenters. The summed E-state index contributed by atoms with van der Waals surface area (Å²) in [5.74, 6) is -0.0111. The molecule has 132 valence electrons. The van der Waals surface area contributed by atoms with Gasteiger partial charge < -0.3 is 15.1 Å². The number of pyridine rings is 1. The smallest absolute Gasteiger partial charge is 0.317 e. The topological polar surface area (TPSA) is 65.5 Å². The molecule has 2 aromatic rings. The van der Waals surface area contributed by atoms with Gasteiger partial charge in [0.05, 0.1) is 16.8 Å². The largest absolute Gasteiger partial charge is 0.338 e. The molecule has 0 spiro atoms. The second kappa shape index (κ2) is 7.09. The van der Waals surface area contributed by atoms with Crippen LogP contribution in [-0.2, 0) is 0 Å². The molecule has 1 aliphatic heterocycles. The van der Waals surface area contributed by atoms with Crippen LogP contribution in [0.5, 0.6) is 0 Å². The molecule has 2 heterocycles. The molecule has 6 heteroatoms. The summed E-state index contributed by atoms with van der Waals surface area (Å²) in [5.41, 5.74) is 3.45. The Hall–Kier alpha value is -2.63. The minimum atomic E-state index is -0.0616. The number of hydrogen-bond acceptors (Lipinski definition) is 3. The number of nitrogens with one attached hydrogen (secondary N) is 1. The first kappa shape index (κ1) is 17.2. The van der Waals surface area contributed by atoms with Crippen molar-refractivity contribution in [3.63, 3.8) is 0 Å². The van der Waals surface area contributed by atoms with Gasteiger partial charge in [0.15, 0.2) is 0 Å². The van der Waals surface area contributed by atoms with E-state index in [0.29, 0.717) is 38.3 Å². The van der Waals surface area contributed by atoms with Crippen LogP contribution >= 0.6 is 0 Å². The summed E-state index contributed by atoms with van der Waals surface area (Å²) >= 11 is 0. The van der Waals surface area contributed by atoms with Gasteiger partial charge in [-0.1, -0.05) is 12.1 Å². The number of fused-ring (bicyclic) bond motifs is 1. The molecule has 0 unspecified atom stereocenters. The minimum Gasteiger partial charge on any atom is -0.338 e. The van der Waals surface area contributed by atoms with Crippen LogP contribution in [0.1, 0.15) is 28.5 Å². The Balaban J connectivity index is 1.76. The molecule has 1 fully saturated rings. The van der Waals surface area contributed by atoms with E-state index in [4.69, 9.17) is 0 Å². The van der Waals surface area contributed by atoms with Crippen molar-refractivity contribution in [2.75, 3.05) is 32.7 Å². The average Bonchev–Trinajstić information content (AvgIpc) is 2.61. The molecular formula is C19H24N4O2. The lowest BCUT2D eigenvalue weighted by Crippen LogP contribution is -2.53. The monoisotopic (exact) mass is 340 g/mol. The molecule has 1 aromatic heterocycles. The van der Waals surface area contributed by atoms with Crippen LogP contribution in [0.2, 0.25) is 0 Å². The summed E-state index contributed by atoms with van der Waals surface area (Å²) in [7, 11) is 0. The third kappa shape index (κ3) is 3.57. The Bertz CT molecular complexity index is 810. The van der Waals surface area contributed by atoms with Crippen molar-refractivity contribution in [2.45, 2.75) is 20.8 Å². The highest BCUT2D eigenvalue weighted by Gasteiger charge is 2.25. The van der Waals surface area contributed by atoms with E-state index in [-0.39, 0.29) is 11.9 Å². The molecule has 6 nitrogen and oxygen atoms in total. The first-order valence-corrected chi connectivity index (χ1v) is 8.69. The summed E-state index contributed by atoms with van der Waals surface area (Å²) in [5, 5.41) is 3.77. The maximum atomic E-state index is 12.9. The number of hydrogen-bond donors (Lipinski definition) is 1. The zero-order valence-corrected chi connectivity index (χ0v) is 15.0. The Labute approximate surface area is 147 Å². The van der Waals surface area contributed by atoms with Gasteiger partial charge in [-0.25, -0.2) is 4.79 Å². The summed E-state index contributed by atoms with van der Waals surface area (Å²) in [6.07, 6.45) is 0. The van der Waals surface area contributed by atoms with Crippen LogP contribution in [-0.4, -0.2) is 59.4 Å². The number of amides is 3. The van der Waals surface area contributed by atoms with E-state index in [9.17, 15) is 9.59 Å². The third-order valence-electron chi connectivity index (χ3n) is 4.58. The second-order valence-electron chi connectivity index (χ2n) is 6.43. The van der Waals surface area contributed by atoms with Crippen LogP contribution in [0.4, 0.5) is 4.79 Å². The lowest BCUT2D eigenvalue weighted by molar-refractivity contribution is 0.0664. The zero-order valence-electron chi connectivity index (χ0n) is 15.0. The molecule has 0 bridgehead atoms. The van der Waals surface area contributed by atoms with Gasteiger partial charge in [0.1, 0.15) is 0 Å². The van der Waals surface area contributed by atoms with Crippen molar-refractivity contribution in [1.29, 1.82) is 0 Å². The van der Waals surface area contributed by atoms with Gasteiger partial charge in [-0.3, -0.25) is 9.78 Å². The third-order valence-corrected chi connectivity index (χ3v) is 4.58. The molecule has 25 heavy (non-hydrogen) atoms. The number of carbonyl (C=O) groups is 2. The van der Waals surface area contributed by atoms with E-state index in [1.54, 1.807) is 9.80 Å². The van der Waals surface area contributed by atoms with Crippen LogP contribution in [0, 0.1) is 13.8 Å². The SMILES string of the molecule is CCNC(=O)N1CCN(C(=O)c2cc3ccc(C)cc3nc2C)CC1. The Kier molecular flexibility index (Phi) is 4.88. The molecule has 0 aliphatic carbocycles. The number of nitrogens with zero attached hydrogens (tertiary/aromatic N) is 3. The molecule has 0 saturated carbocycles. The van der Waals surface area contributed by atoms with E-state index < -0.39 is 0 Å². The lowest BCUT2D eigenvalue weighted by atomic mass is 10.1. The fourth-order valence-corrected chi connectivity index (χ4v) is 3.14. The maximum absolute atomic E-state index is 12.9. The number of aryl methyl sites for hydroxylation is 2. The Morgan fingerprint density at radius 1 is 1.08 bits per heavy atom. The van der Waals surface area contributed by atoms with Gasteiger partial charge in [0.2, 0.25) is 0 Å². The molecule has 1 aromatic carbocycles. The van der Waals surface area contributed by atoms with Crippen molar-refractivity contribution in [2.24, 2.45) is 0 Å². The van der Waals surface area contributed by atoms with E-state index in [0.717, 1.165) is 22.2 Å². The zero-order chi connectivity index (χ0) is 18.0. The molecule has 1 saturated heterocycles. The van der Waals surface area contributed by atoms with E-state index in [1.165, 1.54) is 0 Å². The molecule has 3 rings (SSSR count). The number of rotatable bonds is 2. The van der Waals surface area contributed by atoms with Crippen molar-refractivity contribution >= 4 is 22.8 Å². The maximum Gasteiger partial charge on any atom is 0.317 e. The van der Waals surface area contributed by atoms with Gasteiger partial charge in [-0.15, -0.1) is 0 Å². The fourth-order valence-electron chi connectivity index (χ4n) is 3.14. The summed E-state index contributed by atoms with van der Waals surface area (Å²) in [6, 6.07) is 7.92. The average molecular weight is 340 g/mol. The summed E-state index contributed by atoms with van der Waals surface area (Å²) < 4.78 is 0. The first-order chi connectivity index (χ1) is 12.0. The summed E-state index contributed by atoms with van der Waals surface area (Å²) in [4.78, 5) is 32.9. The predicted octanol–water partition coefficient (Wildman–Crippen LogP) is 2.34. The normalized spacial score (nSPS) is 14.7. The Morgan fingerprint density at radius 3 is 2.44 bits per heavy atom. The molecule has 0 radical (unpaired) electrons. The van der Waals surface area contributed by atoms with Crippen LogP contribution in [0.25, 0.3) is 10.9 Å². The number of urea groups is 1. The number of benzene rings is 1. The van der Waals surface area contributed by atoms with Crippen molar-refractivity contribution in [3.8, 4) is 0 Å².